The van der Waals surface area contributed by atoms with Crippen LogP contribution in [0.2, 0.25) is 0 Å². The molecule has 0 aliphatic carbocycles. The number of hydrogen-bond acceptors (Lipinski definition) is 5. The molecule has 0 aliphatic heterocycles. The van der Waals surface area contributed by atoms with Crippen LogP contribution in [0.3, 0.4) is 0 Å². The molecule has 0 heterocycles. The van der Waals surface area contributed by atoms with Crippen molar-refractivity contribution in [2.24, 2.45) is 0 Å². The molecule has 1 amide bonds. The molecule has 0 rings (SSSR count). The van der Waals surface area contributed by atoms with E-state index in [9.17, 15) is 19.8 Å². The lowest BCUT2D eigenvalue weighted by atomic mass is 10.0. The van der Waals surface area contributed by atoms with E-state index in [4.69, 9.17) is 4.74 Å². The highest BCUT2D eigenvalue weighted by molar-refractivity contribution is 5.76. The van der Waals surface area contributed by atoms with E-state index in [1.165, 1.54) is 283 Å². The molecule has 0 saturated heterocycles. The van der Waals surface area contributed by atoms with Gasteiger partial charge < -0.3 is 20.3 Å². The molecule has 0 aliphatic rings. The van der Waals surface area contributed by atoms with Gasteiger partial charge in [-0.15, -0.1) is 0 Å². The normalized spacial score (nSPS) is 12.7. The van der Waals surface area contributed by atoms with Crippen LogP contribution in [0.25, 0.3) is 0 Å². The lowest BCUT2D eigenvalue weighted by Gasteiger charge is -2.22. The highest BCUT2D eigenvalue weighted by Gasteiger charge is 2.20. The molecule has 6 nitrogen and oxygen atoms in total. The van der Waals surface area contributed by atoms with Gasteiger partial charge in [0.1, 0.15) is 0 Å². The highest BCUT2D eigenvalue weighted by Crippen LogP contribution is 2.18. The number of hydrogen-bond donors (Lipinski definition) is 3. The maximum absolute atomic E-state index is 12.5. The fourth-order valence-corrected chi connectivity index (χ4v) is 10.5. The van der Waals surface area contributed by atoms with Crippen LogP contribution in [0.15, 0.2) is 36.5 Å². The van der Waals surface area contributed by atoms with E-state index in [0.29, 0.717) is 25.9 Å². The minimum absolute atomic E-state index is 0.00597. The highest BCUT2D eigenvalue weighted by atomic mass is 16.5. The van der Waals surface area contributed by atoms with E-state index >= 15 is 0 Å². The third-order valence-electron chi connectivity index (χ3n) is 15.7. The quantitative estimate of drug-likeness (QED) is 0.0320. The van der Waals surface area contributed by atoms with Crippen LogP contribution in [0.5, 0.6) is 0 Å². The van der Waals surface area contributed by atoms with Crippen LogP contribution < -0.4 is 5.32 Å². The van der Waals surface area contributed by atoms with E-state index in [-0.39, 0.29) is 18.5 Å². The molecule has 0 bridgehead atoms. The van der Waals surface area contributed by atoms with Crippen LogP contribution in [0, 0.1) is 0 Å². The summed E-state index contributed by atoms with van der Waals surface area (Å²) in [6.45, 7) is 4.95. The predicted octanol–water partition coefficient (Wildman–Crippen LogP) is 21.5. The second-order valence-electron chi connectivity index (χ2n) is 23.1. The van der Waals surface area contributed by atoms with Gasteiger partial charge in [0.05, 0.1) is 25.4 Å². The molecule has 2 unspecified atom stereocenters. The molecule has 2 atom stereocenters. The van der Waals surface area contributed by atoms with Crippen molar-refractivity contribution in [2.45, 2.75) is 379 Å². The number of allylic oxidation sites excluding steroid dienone is 6. The summed E-state index contributed by atoms with van der Waals surface area (Å²) < 4.78 is 5.49. The number of aliphatic hydroxyl groups excluding tert-OH is 2. The van der Waals surface area contributed by atoms with Gasteiger partial charge in [0.15, 0.2) is 0 Å². The number of aliphatic hydroxyl groups is 2. The van der Waals surface area contributed by atoms with Crippen LogP contribution in [-0.2, 0) is 14.3 Å². The molecule has 6 heteroatoms. The second-order valence-corrected chi connectivity index (χ2v) is 23.1. The Bertz CT molecular complexity index is 1210. The van der Waals surface area contributed by atoms with Gasteiger partial charge in [0.2, 0.25) is 5.91 Å². The Morgan fingerprint density at radius 2 is 0.667 bits per heavy atom. The minimum Gasteiger partial charge on any atom is -0.466 e. The average Bonchev–Trinajstić information content (AvgIpc) is 3.41. The van der Waals surface area contributed by atoms with E-state index in [1.807, 2.05) is 0 Å². The summed E-state index contributed by atoms with van der Waals surface area (Å²) in [6, 6.07) is -0.540. The van der Waals surface area contributed by atoms with Gasteiger partial charge in [0, 0.05) is 12.8 Å². The molecule has 0 aromatic carbocycles. The van der Waals surface area contributed by atoms with E-state index in [1.54, 1.807) is 0 Å². The fourth-order valence-electron chi connectivity index (χ4n) is 10.5. The zero-order chi connectivity index (χ0) is 54.3. The number of nitrogens with one attached hydrogen (secondary N) is 1. The van der Waals surface area contributed by atoms with Crippen molar-refractivity contribution in [3.05, 3.63) is 36.5 Å². The van der Waals surface area contributed by atoms with Gasteiger partial charge >= 0.3 is 5.97 Å². The van der Waals surface area contributed by atoms with Crippen molar-refractivity contribution in [1.82, 2.24) is 5.32 Å². The number of rotatable bonds is 63. The van der Waals surface area contributed by atoms with E-state index in [0.717, 1.165) is 51.4 Å². The standard InChI is InChI=1S/C69H131NO5/c1-3-5-7-9-11-13-15-16-17-36-39-43-47-51-55-59-63-69(74)75-64-60-56-52-48-44-40-37-34-32-30-28-26-24-22-20-18-19-21-23-25-27-29-31-33-35-38-42-46-50-54-58-62-68(73)70-66(65-71)67(72)61-57-53-49-45-41-14-12-10-8-6-4-2/h17,20,22,26,28,36,66-67,71-72H,3-16,18-19,21,23-25,27,29-35,37-65H2,1-2H3,(H,70,73)/b22-20-,28-26-,36-17-. The van der Waals surface area contributed by atoms with Crippen LogP contribution in [-0.4, -0.2) is 47.4 Å². The molecule has 0 aromatic heterocycles. The number of ether oxygens (including phenoxy) is 1. The Kier molecular flexibility index (Phi) is 63.0. The van der Waals surface area contributed by atoms with Gasteiger partial charge in [0.25, 0.3) is 0 Å². The lowest BCUT2D eigenvalue weighted by molar-refractivity contribution is -0.143. The molecule has 0 spiro atoms. The SMILES string of the molecule is CCCCCCCCC/C=C\CCCCCCCC(=O)OCCCCCCCCCCC/C=C\C/C=C\CCCCCCCCCCCCCCCCCC(=O)NC(CO)C(O)CCCCCCCCCCCCC. The topological polar surface area (TPSA) is 95.9 Å². The van der Waals surface area contributed by atoms with Crippen molar-refractivity contribution in [1.29, 1.82) is 0 Å². The maximum Gasteiger partial charge on any atom is 0.305 e. The first kappa shape index (κ1) is 73.1. The zero-order valence-corrected chi connectivity index (χ0v) is 50.5. The maximum atomic E-state index is 12.5. The lowest BCUT2D eigenvalue weighted by Crippen LogP contribution is -2.45. The van der Waals surface area contributed by atoms with Gasteiger partial charge in [-0.25, -0.2) is 0 Å². The summed E-state index contributed by atoms with van der Waals surface area (Å²) in [5.74, 6) is -0.0283. The number of carbonyl (C=O) groups excluding carboxylic acids is 2. The molecule has 0 saturated carbocycles. The van der Waals surface area contributed by atoms with Crippen LogP contribution in [0.1, 0.15) is 367 Å². The average molecular weight is 1050 g/mol. The third-order valence-corrected chi connectivity index (χ3v) is 15.7. The first-order chi connectivity index (χ1) is 37.0. The van der Waals surface area contributed by atoms with Gasteiger partial charge in [-0.3, -0.25) is 9.59 Å². The number of esters is 1. The third kappa shape index (κ3) is 61.2. The minimum atomic E-state index is -0.662. The van der Waals surface area contributed by atoms with Crippen molar-refractivity contribution in [3.8, 4) is 0 Å². The molecule has 0 aromatic rings. The molecule has 3 N–H and O–H groups in total. The Hall–Kier alpha value is -1.92. The van der Waals surface area contributed by atoms with Crippen molar-refractivity contribution >= 4 is 11.9 Å². The Balaban J connectivity index is 3.37. The number of carbonyl (C=O) groups is 2. The molecule has 0 fully saturated rings. The monoisotopic (exact) mass is 1050 g/mol. The molecular weight excluding hydrogens is 923 g/mol. The largest absolute Gasteiger partial charge is 0.466 e. The van der Waals surface area contributed by atoms with Crippen molar-refractivity contribution in [3.63, 3.8) is 0 Å². The summed E-state index contributed by atoms with van der Waals surface area (Å²) in [6.07, 6.45) is 81.9. The van der Waals surface area contributed by atoms with Gasteiger partial charge in [-0.1, -0.05) is 307 Å². The summed E-state index contributed by atoms with van der Waals surface area (Å²) in [4.78, 5) is 24.5. The number of amides is 1. The predicted molar refractivity (Wildman–Crippen MR) is 329 cm³/mol. The van der Waals surface area contributed by atoms with Crippen LogP contribution >= 0.6 is 0 Å². The Labute approximate surface area is 468 Å². The first-order valence-corrected chi connectivity index (χ1v) is 33.7. The fraction of sp³-hybridized carbons (Fsp3) is 0.884. The van der Waals surface area contributed by atoms with Gasteiger partial charge in [-0.2, -0.15) is 0 Å². The second kappa shape index (κ2) is 64.6. The molecule has 442 valence electrons. The Morgan fingerprint density at radius 3 is 1.03 bits per heavy atom. The van der Waals surface area contributed by atoms with Crippen molar-refractivity contribution in [2.75, 3.05) is 13.2 Å². The summed E-state index contributed by atoms with van der Waals surface area (Å²) in [5.41, 5.74) is 0. The van der Waals surface area contributed by atoms with E-state index in [2.05, 4.69) is 55.6 Å². The van der Waals surface area contributed by atoms with Crippen LogP contribution in [0.4, 0.5) is 0 Å². The van der Waals surface area contributed by atoms with Crippen molar-refractivity contribution < 1.29 is 24.5 Å². The van der Waals surface area contributed by atoms with E-state index < -0.39 is 12.1 Å². The molecular formula is C69H131NO5. The molecule has 0 radical (unpaired) electrons. The first-order valence-electron chi connectivity index (χ1n) is 33.7. The number of unbranched alkanes of at least 4 members (excludes halogenated alkanes) is 46. The zero-order valence-electron chi connectivity index (χ0n) is 50.5. The summed E-state index contributed by atoms with van der Waals surface area (Å²) in [5, 5.41) is 23.2. The Morgan fingerprint density at radius 1 is 0.373 bits per heavy atom. The summed E-state index contributed by atoms with van der Waals surface area (Å²) >= 11 is 0. The molecule has 75 heavy (non-hydrogen) atoms. The van der Waals surface area contributed by atoms with Gasteiger partial charge in [-0.05, 0) is 83.5 Å². The smallest absolute Gasteiger partial charge is 0.305 e. The summed E-state index contributed by atoms with van der Waals surface area (Å²) in [7, 11) is 0.